The van der Waals surface area contributed by atoms with E-state index >= 15 is 0 Å². The molecule has 2 saturated heterocycles. The van der Waals surface area contributed by atoms with Crippen molar-refractivity contribution in [2.45, 2.75) is 76.8 Å². The Balaban J connectivity index is 0.000000181. The lowest BCUT2D eigenvalue weighted by atomic mass is 9.78. The molecule has 8 nitrogen and oxygen atoms in total. The van der Waals surface area contributed by atoms with E-state index in [0.717, 1.165) is 56.9 Å². The van der Waals surface area contributed by atoms with E-state index < -0.39 is 0 Å². The largest absolute Gasteiger partial charge is 0.469 e. The first-order valence-electron chi connectivity index (χ1n) is 11.7. The summed E-state index contributed by atoms with van der Waals surface area (Å²) in [5.74, 6) is -0.616. The van der Waals surface area contributed by atoms with Crippen molar-refractivity contribution in [3.05, 3.63) is 11.1 Å². The highest BCUT2D eigenvalue weighted by Gasteiger charge is 2.42. The lowest BCUT2D eigenvalue weighted by Crippen LogP contribution is -2.37. The summed E-state index contributed by atoms with van der Waals surface area (Å²) in [5, 5.41) is 0. The van der Waals surface area contributed by atoms with E-state index in [1.807, 2.05) is 13.8 Å². The topological polar surface area (TPSA) is 89.5 Å². The molecule has 2 aliphatic heterocycles. The van der Waals surface area contributed by atoms with Crippen LogP contribution in [-0.4, -0.2) is 64.2 Å². The van der Waals surface area contributed by atoms with Gasteiger partial charge >= 0.3 is 11.9 Å². The minimum Gasteiger partial charge on any atom is -0.469 e. The molecule has 0 aromatic rings. The van der Waals surface area contributed by atoms with E-state index in [4.69, 9.17) is 28.4 Å². The molecule has 2 saturated carbocycles. The Morgan fingerprint density at radius 1 is 0.844 bits per heavy atom. The van der Waals surface area contributed by atoms with E-state index in [0.29, 0.717) is 32.3 Å². The van der Waals surface area contributed by atoms with Crippen LogP contribution in [0, 0.1) is 11.8 Å². The number of carbonyl (C=O) groups excluding carboxylic acids is 2. The summed E-state index contributed by atoms with van der Waals surface area (Å²) < 4.78 is 32.1. The number of methoxy groups -OCH3 is 2. The van der Waals surface area contributed by atoms with Gasteiger partial charge in [-0.15, -0.1) is 0 Å². The number of allylic oxidation sites excluding steroid dienone is 1. The zero-order valence-electron chi connectivity index (χ0n) is 19.9. The number of carbonyl (C=O) groups is 2. The third-order valence-corrected chi connectivity index (χ3v) is 7.34. The molecule has 182 valence electrons. The van der Waals surface area contributed by atoms with Gasteiger partial charge in [-0.05, 0) is 38.5 Å². The lowest BCUT2D eigenvalue weighted by Gasteiger charge is -2.36. The molecule has 0 amide bonds. The Bertz CT molecular complexity index is 666. The highest BCUT2D eigenvalue weighted by atomic mass is 16.7. The van der Waals surface area contributed by atoms with Crippen LogP contribution >= 0.6 is 0 Å². The van der Waals surface area contributed by atoms with Gasteiger partial charge in [0, 0.05) is 31.3 Å². The second kappa shape index (κ2) is 11.1. The third kappa shape index (κ3) is 5.90. The molecular weight excluding hydrogens is 416 g/mol. The normalized spacial score (nSPS) is 26.9. The smallest absolute Gasteiger partial charge is 0.333 e. The average Bonchev–Trinajstić information content (AvgIpc) is 3.48. The van der Waals surface area contributed by atoms with Gasteiger partial charge in [-0.2, -0.15) is 0 Å². The molecule has 0 aromatic carbocycles. The standard InChI is InChI=1S/C12H20O4.C12H18O4/c2*1-9(11(13)14-2)10-3-5-12(6-4-10)15-7-8-16-12/h9-10H,3-8H2,1-2H3;3-8H2,1-2H3/t9-;/m0./s1. The summed E-state index contributed by atoms with van der Waals surface area (Å²) in [4.78, 5) is 22.8. The van der Waals surface area contributed by atoms with Gasteiger partial charge in [0.1, 0.15) is 0 Å². The van der Waals surface area contributed by atoms with Crippen molar-refractivity contribution in [1.82, 2.24) is 0 Å². The van der Waals surface area contributed by atoms with Crippen LogP contribution < -0.4 is 0 Å². The molecule has 2 heterocycles. The van der Waals surface area contributed by atoms with Gasteiger partial charge in [0.2, 0.25) is 0 Å². The fourth-order valence-electron chi connectivity index (χ4n) is 5.13. The van der Waals surface area contributed by atoms with E-state index in [1.165, 1.54) is 19.8 Å². The predicted octanol–water partition coefficient (Wildman–Crippen LogP) is 3.52. The first kappa shape index (κ1) is 25.1. The summed E-state index contributed by atoms with van der Waals surface area (Å²) in [6.45, 7) is 6.57. The van der Waals surface area contributed by atoms with Crippen molar-refractivity contribution in [1.29, 1.82) is 0 Å². The maximum Gasteiger partial charge on any atom is 0.333 e. The summed E-state index contributed by atoms with van der Waals surface area (Å²) >= 11 is 0. The number of hydrogen-bond donors (Lipinski definition) is 0. The summed E-state index contributed by atoms with van der Waals surface area (Å²) in [5.41, 5.74) is 1.92. The van der Waals surface area contributed by atoms with E-state index in [-0.39, 0.29) is 29.4 Å². The monoisotopic (exact) mass is 454 g/mol. The van der Waals surface area contributed by atoms with Gasteiger partial charge < -0.3 is 28.4 Å². The Morgan fingerprint density at radius 2 is 1.31 bits per heavy atom. The molecule has 0 bridgehead atoms. The van der Waals surface area contributed by atoms with E-state index in [9.17, 15) is 9.59 Å². The summed E-state index contributed by atoms with van der Waals surface area (Å²) in [7, 11) is 2.87. The van der Waals surface area contributed by atoms with Crippen molar-refractivity contribution < 1.29 is 38.0 Å². The quantitative estimate of drug-likeness (QED) is 0.473. The molecule has 1 atom stereocenters. The van der Waals surface area contributed by atoms with E-state index in [1.54, 1.807) is 0 Å². The van der Waals surface area contributed by atoms with Crippen LogP contribution in [0.15, 0.2) is 11.1 Å². The van der Waals surface area contributed by atoms with Crippen molar-refractivity contribution in [3.8, 4) is 0 Å². The molecule has 0 radical (unpaired) electrons. The van der Waals surface area contributed by atoms with E-state index in [2.05, 4.69) is 0 Å². The molecule has 4 rings (SSSR count). The second-order valence-corrected chi connectivity index (χ2v) is 9.08. The van der Waals surface area contributed by atoms with Crippen molar-refractivity contribution >= 4 is 11.9 Å². The van der Waals surface area contributed by atoms with Crippen LogP contribution in [0.5, 0.6) is 0 Å². The van der Waals surface area contributed by atoms with Crippen LogP contribution in [0.25, 0.3) is 0 Å². The number of ether oxygens (including phenoxy) is 6. The fraction of sp³-hybridized carbons (Fsp3) is 0.833. The predicted molar refractivity (Wildman–Crippen MR) is 116 cm³/mol. The minimum atomic E-state index is -0.361. The van der Waals surface area contributed by atoms with Crippen molar-refractivity contribution in [3.63, 3.8) is 0 Å². The van der Waals surface area contributed by atoms with Gasteiger partial charge in [0.15, 0.2) is 11.6 Å². The zero-order valence-corrected chi connectivity index (χ0v) is 19.9. The molecule has 0 N–H and O–H groups in total. The SMILES string of the molecule is COC(=O)C(C)=C1CCC2(CC1)OCCO2.COC(=O)[C@@H](C)C1CCC2(CC1)OCCO2. The zero-order chi connectivity index (χ0) is 23.2. The fourth-order valence-corrected chi connectivity index (χ4v) is 5.13. The highest BCUT2D eigenvalue weighted by Crippen LogP contribution is 2.41. The molecular formula is C24H38O8. The van der Waals surface area contributed by atoms with Crippen molar-refractivity contribution in [2.75, 3.05) is 40.6 Å². The Morgan fingerprint density at radius 3 is 1.75 bits per heavy atom. The molecule has 8 heteroatoms. The van der Waals surface area contributed by atoms with Crippen LogP contribution in [-0.2, 0) is 38.0 Å². The van der Waals surface area contributed by atoms with Gasteiger partial charge in [-0.25, -0.2) is 4.79 Å². The minimum absolute atomic E-state index is 0.0104. The molecule has 4 fully saturated rings. The molecule has 4 aliphatic rings. The molecule has 0 unspecified atom stereocenters. The molecule has 0 aromatic heterocycles. The number of rotatable bonds is 3. The molecule has 32 heavy (non-hydrogen) atoms. The molecule has 2 aliphatic carbocycles. The van der Waals surface area contributed by atoms with Gasteiger partial charge in [0.05, 0.1) is 46.6 Å². The number of esters is 2. The maximum atomic E-state index is 11.4. The Kier molecular flexibility index (Phi) is 8.72. The summed E-state index contributed by atoms with van der Waals surface area (Å²) in [6.07, 6.45) is 7.18. The highest BCUT2D eigenvalue weighted by molar-refractivity contribution is 5.88. The van der Waals surface area contributed by atoms with Crippen LogP contribution in [0.3, 0.4) is 0 Å². The Hall–Kier alpha value is -1.48. The summed E-state index contributed by atoms with van der Waals surface area (Å²) in [6, 6.07) is 0. The average molecular weight is 455 g/mol. The second-order valence-electron chi connectivity index (χ2n) is 9.08. The van der Waals surface area contributed by atoms with Crippen molar-refractivity contribution in [2.24, 2.45) is 11.8 Å². The van der Waals surface area contributed by atoms with Gasteiger partial charge in [0.25, 0.3) is 0 Å². The lowest BCUT2D eigenvalue weighted by molar-refractivity contribution is -0.186. The maximum absolute atomic E-state index is 11.4. The van der Waals surface area contributed by atoms with Gasteiger partial charge in [-0.3, -0.25) is 4.79 Å². The van der Waals surface area contributed by atoms with Gasteiger partial charge in [-0.1, -0.05) is 12.5 Å². The van der Waals surface area contributed by atoms with Crippen LogP contribution in [0.4, 0.5) is 0 Å². The number of hydrogen-bond acceptors (Lipinski definition) is 8. The van der Waals surface area contributed by atoms with Crippen LogP contribution in [0.1, 0.15) is 65.2 Å². The Labute approximate surface area is 190 Å². The third-order valence-electron chi connectivity index (χ3n) is 7.34. The molecule has 2 spiro atoms. The first-order chi connectivity index (χ1) is 15.3. The van der Waals surface area contributed by atoms with Crippen LogP contribution in [0.2, 0.25) is 0 Å². The first-order valence-corrected chi connectivity index (χ1v) is 11.7.